The van der Waals surface area contributed by atoms with Crippen molar-refractivity contribution in [3.05, 3.63) is 0 Å². The molecule has 0 atom stereocenters. The van der Waals surface area contributed by atoms with Gasteiger partial charge in [-0.25, -0.2) is 5.53 Å². The first-order chi connectivity index (χ1) is 5.76. The van der Waals surface area contributed by atoms with Crippen LogP contribution in [0.2, 0.25) is 0 Å². The maximum Gasteiger partial charge on any atom is 0.274 e. The molecule has 1 rings (SSSR count). The lowest BCUT2D eigenvalue weighted by molar-refractivity contribution is -0.105. The molecule has 0 aliphatic carbocycles. The van der Waals surface area contributed by atoms with Gasteiger partial charge in [0.15, 0.2) is 0 Å². The third-order valence-corrected chi connectivity index (χ3v) is 0.929. The van der Waals surface area contributed by atoms with Gasteiger partial charge in [-0.15, -0.1) is 5.11 Å². The minimum atomic E-state index is -0.146. The summed E-state index contributed by atoms with van der Waals surface area (Å²) in [6, 6.07) is 0. The number of rotatable bonds is 3. The van der Waals surface area contributed by atoms with Crippen molar-refractivity contribution in [1.29, 1.82) is 5.53 Å². The molecule has 1 amide bonds. The summed E-state index contributed by atoms with van der Waals surface area (Å²) in [6.45, 7) is 0. The number of carbonyl (C=O) groups excluding carboxylic acids is 1. The molecule has 0 saturated heterocycles. The molecule has 0 saturated carbocycles. The summed E-state index contributed by atoms with van der Waals surface area (Å²) in [5.74, 6) is -0.268. The quantitative estimate of drug-likeness (QED) is 0.419. The van der Waals surface area contributed by atoms with Gasteiger partial charge < -0.3 is 5.73 Å². The van der Waals surface area contributed by atoms with E-state index >= 15 is 0 Å². The third-order valence-electron chi connectivity index (χ3n) is 0.929. The standard InChI is InChI=1S/C4H5N7O/c5-2-8-3(7-1-12)10-4(9-2)11-6/h1,6H,(H3,5,7,8,9,10,12). The highest BCUT2D eigenvalue weighted by Crippen LogP contribution is 2.07. The van der Waals surface area contributed by atoms with Crippen molar-refractivity contribution in [3.8, 4) is 0 Å². The zero-order valence-corrected chi connectivity index (χ0v) is 5.85. The highest BCUT2D eigenvalue weighted by atomic mass is 16.1. The van der Waals surface area contributed by atoms with E-state index in [4.69, 9.17) is 11.3 Å². The fourth-order valence-electron chi connectivity index (χ4n) is 0.548. The number of hydrogen-bond donors (Lipinski definition) is 3. The minimum Gasteiger partial charge on any atom is -0.368 e. The number of nitrogens with one attached hydrogen (secondary N) is 2. The molecule has 12 heavy (non-hydrogen) atoms. The first-order valence-electron chi connectivity index (χ1n) is 2.85. The van der Waals surface area contributed by atoms with E-state index in [1.807, 2.05) is 0 Å². The second-order valence-electron chi connectivity index (χ2n) is 1.69. The van der Waals surface area contributed by atoms with Crippen molar-refractivity contribution in [2.45, 2.75) is 0 Å². The maximum atomic E-state index is 9.96. The molecule has 1 aromatic heterocycles. The molecule has 0 fully saturated rings. The molecule has 0 radical (unpaired) electrons. The molecular weight excluding hydrogens is 162 g/mol. The summed E-state index contributed by atoms with van der Waals surface area (Å²) < 4.78 is 0. The van der Waals surface area contributed by atoms with E-state index < -0.39 is 0 Å². The number of aromatic nitrogens is 3. The normalized spacial score (nSPS) is 9.00. The van der Waals surface area contributed by atoms with Crippen molar-refractivity contribution in [3.63, 3.8) is 0 Å². The van der Waals surface area contributed by atoms with Crippen LogP contribution in [0.15, 0.2) is 5.11 Å². The van der Waals surface area contributed by atoms with Gasteiger partial charge >= 0.3 is 0 Å². The first-order valence-corrected chi connectivity index (χ1v) is 2.85. The van der Waals surface area contributed by atoms with Crippen LogP contribution in [-0.4, -0.2) is 21.4 Å². The Kier molecular flexibility index (Phi) is 2.21. The van der Waals surface area contributed by atoms with Crippen LogP contribution >= 0.6 is 0 Å². The number of nitrogen functional groups attached to an aromatic ring is 1. The third kappa shape index (κ3) is 1.68. The van der Waals surface area contributed by atoms with Crippen LogP contribution < -0.4 is 11.1 Å². The lowest BCUT2D eigenvalue weighted by Gasteiger charge is -1.97. The Hall–Kier alpha value is -2.12. The molecule has 1 aromatic rings. The summed E-state index contributed by atoms with van der Waals surface area (Å²) in [5.41, 5.74) is 11.8. The molecule has 0 aliphatic rings. The number of anilines is 2. The van der Waals surface area contributed by atoms with Gasteiger partial charge in [-0.1, -0.05) is 0 Å². The van der Waals surface area contributed by atoms with E-state index in [0.717, 1.165) is 0 Å². The summed E-state index contributed by atoms with van der Waals surface area (Å²) in [6.07, 6.45) is 0.391. The van der Waals surface area contributed by atoms with E-state index in [1.54, 1.807) is 0 Å². The Bertz CT molecular complexity index is 310. The zero-order valence-electron chi connectivity index (χ0n) is 5.85. The maximum absolute atomic E-state index is 9.96. The molecule has 1 heterocycles. The Morgan fingerprint density at radius 2 is 2.25 bits per heavy atom. The molecule has 4 N–H and O–H groups in total. The van der Waals surface area contributed by atoms with Gasteiger partial charge in [-0.2, -0.15) is 15.0 Å². The molecule has 62 valence electrons. The van der Waals surface area contributed by atoms with Gasteiger partial charge in [0.25, 0.3) is 5.95 Å². The van der Waals surface area contributed by atoms with Crippen molar-refractivity contribution in [2.24, 2.45) is 5.11 Å². The van der Waals surface area contributed by atoms with E-state index in [0.29, 0.717) is 6.41 Å². The number of nitrogens with zero attached hydrogens (tertiary/aromatic N) is 4. The van der Waals surface area contributed by atoms with Crippen LogP contribution in [0, 0.1) is 5.53 Å². The first kappa shape index (κ1) is 7.98. The van der Waals surface area contributed by atoms with Gasteiger partial charge in [0, 0.05) is 0 Å². The van der Waals surface area contributed by atoms with E-state index in [9.17, 15) is 4.79 Å². The Labute approximate surface area is 66.7 Å². The summed E-state index contributed by atoms with van der Waals surface area (Å²) in [7, 11) is 0. The van der Waals surface area contributed by atoms with Crippen LogP contribution in [-0.2, 0) is 4.79 Å². The van der Waals surface area contributed by atoms with E-state index in [-0.39, 0.29) is 17.8 Å². The van der Waals surface area contributed by atoms with Crippen molar-refractivity contribution >= 4 is 24.3 Å². The van der Waals surface area contributed by atoms with E-state index in [2.05, 4.69) is 25.4 Å². The number of hydrogen-bond acceptors (Lipinski definition) is 7. The van der Waals surface area contributed by atoms with Gasteiger partial charge in [0.05, 0.1) is 0 Å². The van der Waals surface area contributed by atoms with Crippen molar-refractivity contribution in [2.75, 3.05) is 11.1 Å². The van der Waals surface area contributed by atoms with Crippen LogP contribution in [0.4, 0.5) is 17.8 Å². The average molecular weight is 167 g/mol. The Morgan fingerprint density at radius 3 is 2.83 bits per heavy atom. The molecule has 0 spiro atoms. The predicted octanol–water partition coefficient (Wildman–Crippen LogP) is -0.315. The summed E-state index contributed by atoms with van der Waals surface area (Å²) >= 11 is 0. The van der Waals surface area contributed by atoms with Crippen LogP contribution in [0.1, 0.15) is 0 Å². The highest BCUT2D eigenvalue weighted by molar-refractivity contribution is 5.67. The fourth-order valence-corrected chi connectivity index (χ4v) is 0.548. The minimum absolute atomic E-state index is 0.0245. The van der Waals surface area contributed by atoms with Gasteiger partial charge in [-0.05, 0) is 0 Å². The smallest absolute Gasteiger partial charge is 0.274 e. The van der Waals surface area contributed by atoms with Crippen molar-refractivity contribution < 1.29 is 4.79 Å². The molecule has 0 aromatic carbocycles. The zero-order chi connectivity index (χ0) is 8.97. The molecule has 8 nitrogen and oxygen atoms in total. The summed E-state index contributed by atoms with van der Waals surface area (Å²) in [4.78, 5) is 20.5. The van der Waals surface area contributed by atoms with Gasteiger partial charge in [0.2, 0.25) is 18.3 Å². The number of carbonyl (C=O) groups is 1. The highest BCUT2D eigenvalue weighted by Gasteiger charge is 2.00. The predicted molar refractivity (Wildman–Crippen MR) is 38.7 cm³/mol. The topological polar surface area (TPSA) is 130 Å². The lowest BCUT2D eigenvalue weighted by atomic mass is 10.8. The number of nitrogens with two attached hydrogens (primary N) is 1. The van der Waals surface area contributed by atoms with Gasteiger partial charge in [0.1, 0.15) is 0 Å². The number of amides is 1. The second-order valence-corrected chi connectivity index (χ2v) is 1.69. The lowest BCUT2D eigenvalue weighted by Crippen LogP contribution is -2.04. The van der Waals surface area contributed by atoms with E-state index in [1.165, 1.54) is 0 Å². The van der Waals surface area contributed by atoms with Crippen LogP contribution in [0.25, 0.3) is 0 Å². The average Bonchev–Trinajstić information content (AvgIpc) is 2.04. The van der Waals surface area contributed by atoms with Gasteiger partial charge in [-0.3, -0.25) is 10.1 Å². The summed E-state index contributed by atoms with van der Waals surface area (Å²) in [5, 5.41) is 5.08. The Morgan fingerprint density at radius 1 is 1.50 bits per heavy atom. The Balaban J connectivity index is 3.05. The monoisotopic (exact) mass is 167 g/mol. The molecule has 8 heteroatoms. The van der Waals surface area contributed by atoms with Crippen LogP contribution in [0.5, 0.6) is 0 Å². The second kappa shape index (κ2) is 3.32. The van der Waals surface area contributed by atoms with Crippen LogP contribution in [0.3, 0.4) is 0 Å². The molecular formula is C4H5N7O. The SMILES string of the molecule is N=Nc1nc(N)nc(NC=O)n1. The molecule has 0 aliphatic heterocycles. The fraction of sp³-hybridized carbons (Fsp3) is 0. The largest absolute Gasteiger partial charge is 0.368 e. The molecule has 0 bridgehead atoms. The van der Waals surface area contributed by atoms with Crippen molar-refractivity contribution in [1.82, 2.24) is 15.0 Å². The molecule has 0 unspecified atom stereocenters.